The van der Waals surface area contributed by atoms with E-state index in [-0.39, 0.29) is 0 Å². The van der Waals surface area contributed by atoms with E-state index in [9.17, 15) is 0 Å². The molecule has 0 N–H and O–H groups in total. The average molecular weight is 178 g/mol. The molecule has 1 atom stereocenters. The van der Waals surface area contributed by atoms with Crippen LogP contribution >= 0.6 is 0 Å². The Morgan fingerprint density at radius 1 is 1.23 bits per heavy atom. The van der Waals surface area contributed by atoms with Crippen LogP contribution in [0.4, 0.5) is 0 Å². The minimum absolute atomic E-state index is 0.424. The first-order valence-electron chi connectivity index (χ1n) is 5.28. The monoisotopic (exact) mass is 178 g/mol. The van der Waals surface area contributed by atoms with Crippen molar-refractivity contribution < 1.29 is 0 Å². The van der Waals surface area contributed by atoms with Gasteiger partial charge in [-0.2, -0.15) is 0 Å². The van der Waals surface area contributed by atoms with E-state index in [1.165, 1.54) is 6.42 Å². The third kappa shape index (κ3) is 4.54. The van der Waals surface area contributed by atoms with Crippen molar-refractivity contribution in [2.75, 3.05) is 0 Å². The molecule has 0 aliphatic heterocycles. The molecule has 1 heteroatoms. The van der Waals surface area contributed by atoms with Crippen LogP contribution in [0.2, 0.25) is 0 Å². The lowest BCUT2D eigenvalue weighted by atomic mass is 9.71. The van der Waals surface area contributed by atoms with Crippen molar-refractivity contribution >= 4 is 7.85 Å². The first-order chi connectivity index (χ1) is 5.91. The van der Waals surface area contributed by atoms with Crippen LogP contribution in [-0.4, -0.2) is 7.85 Å². The highest BCUT2D eigenvalue weighted by Crippen LogP contribution is 2.36. The molecular weight excluding hydrogens is 155 g/mol. The molecule has 74 valence electrons. The molecular formula is C12H23B. The van der Waals surface area contributed by atoms with Gasteiger partial charge in [0.1, 0.15) is 7.85 Å². The standard InChI is InChI=1S/C12H23B/c1-10(2)11(3)12(4,5)8-6-7-9-13/h7,9-11H,6,8H2,1-5H3. The second kappa shape index (κ2) is 5.52. The summed E-state index contributed by atoms with van der Waals surface area (Å²) in [7, 11) is 5.31. The summed E-state index contributed by atoms with van der Waals surface area (Å²) in [5.74, 6) is 3.17. The lowest BCUT2D eigenvalue weighted by Crippen LogP contribution is -2.25. The normalized spacial score (nSPS) is 15.5. The highest BCUT2D eigenvalue weighted by molar-refractivity contribution is 6.16. The Bertz CT molecular complexity index is 157. The van der Waals surface area contributed by atoms with Crippen molar-refractivity contribution in [3.63, 3.8) is 0 Å². The summed E-state index contributed by atoms with van der Waals surface area (Å²) in [6, 6.07) is 0. The fraction of sp³-hybridized carbons (Fsp3) is 0.833. The maximum absolute atomic E-state index is 5.31. The Balaban J connectivity index is 4.05. The number of hydrogen-bond donors (Lipinski definition) is 0. The summed E-state index contributed by atoms with van der Waals surface area (Å²) in [6.45, 7) is 11.6. The Hall–Kier alpha value is -0.195. The molecule has 0 nitrogen and oxygen atoms in total. The highest BCUT2D eigenvalue weighted by Gasteiger charge is 2.26. The predicted octanol–water partition coefficient (Wildman–Crippen LogP) is 3.77. The van der Waals surface area contributed by atoms with Gasteiger partial charge in [0.2, 0.25) is 0 Å². The van der Waals surface area contributed by atoms with E-state index in [2.05, 4.69) is 40.7 Å². The van der Waals surface area contributed by atoms with E-state index in [4.69, 9.17) is 7.85 Å². The van der Waals surface area contributed by atoms with Gasteiger partial charge in [0.25, 0.3) is 0 Å². The maximum atomic E-state index is 5.31. The maximum Gasteiger partial charge on any atom is 0.102 e. The number of allylic oxidation sites excluding steroid dienone is 1. The van der Waals surface area contributed by atoms with E-state index in [1.807, 2.05) is 0 Å². The van der Waals surface area contributed by atoms with Gasteiger partial charge >= 0.3 is 0 Å². The molecule has 13 heavy (non-hydrogen) atoms. The van der Waals surface area contributed by atoms with Crippen molar-refractivity contribution in [1.29, 1.82) is 0 Å². The molecule has 0 bridgehead atoms. The summed E-state index contributed by atoms with van der Waals surface area (Å²) in [6.07, 6.45) is 4.37. The van der Waals surface area contributed by atoms with Crippen LogP contribution in [0.25, 0.3) is 0 Å². The fourth-order valence-electron chi connectivity index (χ4n) is 1.68. The molecule has 0 amide bonds. The van der Waals surface area contributed by atoms with Crippen molar-refractivity contribution in [3.05, 3.63) is 12.1 Å². The van der Waals surface area contributed by atoms with Gasteiger partial charge in [-0.1, -0.05) is 40.7 Å². The molecule has 0 saturated carbocycles. The fourth-order valence-corrected chi connectivity index (χ4v) is 1.68. The molecule has 0 heterocycles. The van der Waals surface area contributed by atoms with Gasteiger partial charge in [-0.25, -0.2) is 0 Å². The first kappa shape index (κ1) is 12.8. The second-order valence-electron chi connectivity index (χ2n) is 4.99. The lowest BCUT2D eigenvalue weighted by Gasteiger charge is -2.34. The van der Waals surface area contributed by atoms with Gasteiger partial charge in [0, 0.05) is 0 Å². The molecule has 0 aromatic carbocycles. The van der Waals surface area contributed by atoms with E-state index >= 15 is 0 Å². The summed E-state index contributed by atoms with van der Waals surface area (Å²) >= 11 is 0. The van der Waals surface area contributed by atoms with Crippen LogP contribution < -0.4 is 0 Å². The molecule has 0 aromatic rings. The van der Waals surface area contributed by atoms with Gasteiger partial charge in [-0.05, 0) is 30.1 Å². The minimum Gasteiger partial charge on any atom is -0.135 e. The molecule has 2 radical (unpaired) electrons. The third-order valence-corrected chi connectivity index (χ3v) is 3.32. The molecule has 0 aromatic heterocycles. The van der Waals surface area contributed by atoms with Crippen LogP contribution in [0.15, 0.2) is 12.1 Å². The molecule has 0 spiro atoms. The second-order valence-corrected chi connectivity index (χ2v) is 4.99. The highest BCUT2D eigenvalue weighted by atomic mass is 14.3. The number of rotatable bonds is 5. The zero-order chi connectivity index (χ0) is 10.5. The Kier molecular flexibility index (Phi) is 5.43. The van der Waals surface area contributed by atoms with E-state index in [0.717, 1.165) is 18.3 Å². The van der Waals surface area contributed by atoms with Crippen molar-refractivity contribution in [2.24, 2.45) is 17.3 Å². The van der Waals surface area contributed by atoms with Gasteiger partial charge in [-0.15, -0.1) is 5.98 Å². The van der Waals surface area contributed by atoms with Crippen LogP contribution in [0.5, 0.6) is 0 Å². The van der Waals surface area contributed by atoms with Gasteiger partial charge in [-0.3, -0.25) is 0 Å². The first-order valence-corrected chi connectivity index (χ1v) is 5.28. The van der Waals surface area contributed by atoms with Crippen molar-refractivity contribution in [3.8, 4) is 0 Å². The smallest absolute Gasteiger partial charge is 0.102 e. The number of hydrogen-bond acceptors (Lipinski definition) is 0. The molecule has 0 aliphatic carbocycles. The van der Waals surface area contributed by atoms with E-state index in [1.54, 1.807) is 5.98 Å². The van der Waals surface area contributed by atoms with Crippen LogP contribution in [0, 0.1) is 17.3 Å². The van der Waals surface area contributed by atoms with Crippen LogP contribution in [0.3, 0.4) is 0 Å². The van der Waals surface area contributed by atoms with Crippen molar-refractivity contribution in [1.82, 2.24) is 0 Å². The van der Waals surface area contributed by atoms with E-state index in [0.29, 0.717) is 5.41 Å². The molecule has 0 aliphatic rings. The molecule has 0 rings (SSSR count). The molecule has 1 unspecified atom stereocenters. The summed E-state index contributed by atoms with van der Waals surface area (Å²) in [5.41, 5.74) is 0.424. The topological polar surface area (TPSA) is 0 Å². The summed E-state index contributed by atoms with van der Waals surface area (Å²) in [4.78, 5) is 0. The predicted molar refractivity (Wildman–Crippen MR) is 61.9 cm³/mol. The summed E-state index contributed by atoms with van der Waals surface area (Å²) in [5, 5.41) is 0. The molecule has 0 fully saturated rings. The van der Waals surface area contributed by atoms with Crippen LogP contribution in [-0.2, 0) is 0 Å². The van der Waals surface area contributed by atoms with Gasteiger partial charge in [0.15, 0.2) is 0 Å². The van der Waals surface area contributed by atoms with Gasteiger partial charge in [0.05, 0.1) is 0 Å². The minimum atomic E-state index is 0.424. The van der Waals surface area contributed by atoms with Crippen molar-refractivity contribution in [2.45, 2.75) is 47.5 Å². The molecule has 0 saturated heterocycles. The Morgan fingerprint density at radius 2 is 1.77 bits per heavy atom. The largest absolute Gasteiger partial charge is 0.135 e. The zero-order valence-electron chi connectivity index (χ0n) is 9.80. The van der Waals surface area contributed by atoms with Gasteiger partial charge < -0.3 is 0 Å². The Labute approximate surface area is 85.2 Å². The SMILES string of the molecule is [B]C=CCCC(C)(C)C(C)C(C)C. The summed E-state index contributed by atoms with van der Waals surface area (Å²) < 4.78 is 0. The lowest BCUT2D eigenvalue weighted by molar-refractivity contribution is 0.162. The van der Waals surface area contributed by atoms with E-state index < -0.39 is 0 Å². The average Bonchev–Trinajstić information content (AvgIpc) is 2.03. The zero-order valence-corrected chi connectivity index (χ0v) is 9.80. The van der Waals surface area contributed by atoms with Crippen LogP contribution in [0.1, 0.15) is 47.5 Å². The third-order valence-electron chi connectivity index (χ3n) is 3.32. The quantitative estimate of drug-likeness (QED) is 0.562. The Morgan fingerprint density at radius 3 is 2.15 bits per heavy atom.